The van der Waals surface area contributed by atoms with Gasteiger partial charge in [0.05, 0.1) is 12.1 Å². The highest BCUT2D eigenvalue weighted by Crippen LogP contribution is 2.28. The molecule has 0 N–H and O–H groups in total. The van der Waals surface area contributed by atoms with Gasteiger partial charge in [0.25, 0.3) is 0 Å². The van der Waals surface area contributed by atoms with E-state index in [1.165, 1.54) is 42.6 Å². The number of hydrogen-bond donors (Lipinski definition) is 0. The molecule has 1 aromatic heterocycles. The minimum atomic E-state index is -0.262. The molecule has 1 atom stereocenters. The van der Waals surface area contributed by atoms with E-state index in [1.807, 2.05) is 30.9 Å². The summed E-state index contributed by atoms with van der Waals surface area (Å²) in [5.74, 6) is -0.0770. The van der Waals surface area contributed by atoms with Gasteiger partial charge in [-0.1, -0.05) is 50.5 Å². The number of carbonyl (C=O) groups excluding carboxylic acids is 2. The van der Waals surface area contributed by atoms with E-state index in [0.29, 0.717) is 11.3 Å². The van der Waals surface area contributed by atoms with Gasteiger partial charge in [0.1, 0.15) is 4.88 Å². The average molecular weight is 454 g/mol. The maximum absolute atomic E-state index is 12.6. The smallest absolute Gasteiger partial charge is 0.348 e. The van der Waals surface area contributed by atoms with E-state index in [1.54, 1.807) is 0 Å². The highest BCUT2D eigenvalue weighted by molar-refractivity contribution is 7.13. The largest absolute Gasteiger partial charge is 0.459 e. The van der Waals surface area contributed by atoms with Crippen molar-refractivity contribution in [2.24, 2.45) is 0 Å². The SMILES string of the molecule is CCCCCCc1ccc(N2C(=O)CC[C@@H]2C=CCc2ccc(C(=O)OC(C)C)s2)cc1. The highest BCUT2D eigenvalue weighted by atomic mass is 32.1. The van der Waals surface area contributed by atoms with Gasteiger partial charge in [0, 0.05) is 17.0 Å². The summed E-state index contributed by atoms with van der Waals surface area (Å²) in [5.41, 5.74) is 2.32. The number of allylic oxidation sites excluding steroid dienone is 1. The van der Waals surface area contributed by atoms with Crippen molar-refractivity contribution in [1.29, 1.82) is 0 Å². The second kappa shape index (κ2) is 12.0. The van der Waals surface area contributed by atoms with Crippen LogP contribution in [0.2, 0.25) is 0 Å². The molecule has 2 aromatic rings. The van der Waals surface area contributed by atoms with Crippen molar-refractivity contribution < 1.29 is 14.3 Å². The van der Waals surface area contributed by atoms with Gasteiger partial charge in [-0.2, -0.15) is 0 Å². The lowest BCUT2D eigenvalue weighted by Gasteiger charge is -2.23. The first-order chi connectivity index (χ1) is 15.5. The summed E-state index contributed by atoms with van der Waals surface area (Å²) >= 11 is 1.47. The molecule has 32 heavy (non-hydrogen) atoms. The Kier molecular flexibility index (Phi) is 9.10. The van der Waals surface area contributed by atoms with Crippen molar-refractivity contribution in [3.63, 3.8) is 0 Å². The number of carbonyl (C=O) groups is 2. The van der Waals surface area contributed by atoms with Crippen molar-refractivity contribution in [2.45, 2.75) is 84.3 Å². The van der Waals surface area contributed by atoms with Crippen LogP contribution in [0.3, 0.4) is 0 Å². The Hall–Kier alpha value is -2.40. The van der Waals surface area contributed by atoms with Crippen LogP contribution < -0.4 is 4.90 Å². The molecule has 0 aliphatic carbocycles. The van der Waals surface area contributed by atoms with Crippen molar-refractivity contribution in [3.8, 4) is 0 Å². The first-order valence-corrected chi connectivity index (χ1v) is 12.7. The second-order valence-electron chi connectivity index (χ2n) is 8.70. The summed E-state index contributed by atoms with van der Waals surface area (Å²) in [6, 6.07) is 12.4. The Bertz CT molecular complexity index is 913. The van der Waals surface area contributed by atoms with Crippen LogP contribution in [-0.4, -0.2) is 24.0 Å². The lowest BCUT2D eigenvalue weighted by atomic mass is 10.1. The number of ether oxygens (including phenoxy) is 1. The molecule has 1 aliphatic rings. The summed E-state index contributed by atoms with van der Waals surface area (Å²) in [4.78, 5) is 28.3. The molecule has 0 spiro atoms. The fourth-order valence-corrected chi connectivity index (χ4v) is 4.88. The first kappa shape index (κ1) is 24.2. The number of benzene rings is 1. The summed E-state index contributed by atoms with van der Waals surface area (Å²) < 4.78 is 5.26. The molecule has 0 radical (unpaired) electrons. The number of thiophene rings is 1. The Balaban J connectivity index is 1.57. The van der Waals surface area contributed by atoms with Crippen molar-refractivity contribution in [3.05, 3.63) is 63.9 Å². The number of esters is 1. The van der Waals surface area contributed by atoms with Gasteiger partial charge in [-0.15, -0.1) is 11.3 Å². The molecule has 0 bridgehead atoms. The third-order valence-corrected chi connectivity index (χ3v) is 6.76. The molecule has 1 fully saturated rings. The molecule has 4 nitrogen and oxygen atoms in total. The lowest BCUT2D eigenvalue weighted by molar-refractivity contribution is -0.117. The highest BCUT2D eigenvalue weighted by Gasteiger charge is 2.30. The van der Waals surface area contributed by atoms with Crippen molar-refractivity contribution >= 4 is 28.9 Å². The van der Waals surface area contributed by atoms with Crippen molar-refractivity contribution in [1.82, 2.24) is 0 Å². The van der Waals surface area contributed by atoms with Gasteiger partial charge in [0.15, 0.2) is 0 Å². The van der Waals surface area contributed by atoms with E-state index in [4.69, 9.17) is 4.74 Å². The maximum atomic E-state index is 12.6. The molecular formula is C27H35NO3S. The molecule has 1 aliphatic heterocycles. The first-order valence-electron chi connectivity index (χ1n) is 11.8. The molecule has 0 unspecified atom stereocenters. The molecule has 2 heterocycles. The summed E-state index contributed by atoms with van der Waals surface area (Å²) in [7, 11) is 0. The quantitative estimate of drug-likeness (QED) is 0.215. The maximum Gasteiger partial charge on any atom is 0.348 e. The van der Waals surface area contributed by atoms with Gasteiger partial charge >= 0.3 is 5.97 Å². The van der Waals surface area contributed by atoms with E-state index in [9.17, 15) is 9.59 Å². The molecule has 172 valence electrons. The van der Waals surface area contributed by atoms with E-state index in [2.05, 4.69) is 43.3 Å². The van der Waals surface area contributed by atoms with Crippen LogP contribution in [0.4, 0.5) is 5.69 Å². The topological polar surface area (TPSA) is 46.6 Å². The minimum absolute atomic E-state index is 0.0863. The third-order valence-electron chi connectivity index (χ3n) is 5.67. The van der Waals surface area contributed by atoms with Gasteiger partial charge in [-0.25, -0.2) is 4.79 Å². The normalized spacial score (nSPS) is 16.4. The molecule has 1 amide bonds. The Labute approximate surface area is 196 Å². The second-order valence-corrected chi connectivity index (χ2v) is 9.87. The van der Waals surface area contributed by atoms with Gasteiger partial charge < -0.3 is 9.64 Å². The molecule has 5 heteroatoms. The predicted molar refractivity (Wildman–Crippen MR) is 133 cm³/mol. The molecule has 3 rings (SSSR count). The number of nitrogens with zero attached hydrogens (tertiary/aromatic N) is 1. The fourth-order valence-electron chi connectivity index (χ4n) is 4.01. The zero-order valence-electron chi connectivity index (χ0n) is 19.5. The average Bonchev–Trinajstić information content (AvgIpc) is 3.38. The van der Waals surface area contributed by atoms with E-state index < -0.39 is 0 Å². The number of aryl methyl sites for hydroxylation is 1. The lowest BCUT2D eigenvalue weighted by Crippen LogP contribution is -2.31. The van der Waals surface area contributed by atoms with Gasteiger partial charge in [0.2, 0.25) is 5.91 Å². The number of rotatable bonds is 11. The summed E-state index contributed by atoms with van der Waals surface area (Å²) in [6.07, 6.45) is 12.4. The van der Waals surface area contributed by atoms with Crippen molar-refractivity contribution in [2.75, 3.05) is 4.90 Å². The van der Waals surface area contributed by atoms with Gasteiger partial charge in [-0.05, 0) is 69.4 Å². The van der Waals surface area contributed by atoms with Crippen LogP contribution in [0.1, 0.15) is 79.4 Å². The Morgan fingerprint density at radius 3 is 2.66 bits per heavy atom. The standard InChI is InChI=1S/C27H35NO3S/c1-4-5-6-7-9-21-12-14-23(15-13-21)28-22(16-19-26(28)29)10-8-11-24-17-18-25(32-24)27(30)31-20(2)3/h8,10,12-15,17-18,20,22H,4-7,9,11,16,19H2,1-3H3/t22-/m0/s1. The number of unbranched alkanes of at least 4 members (excludes halogenated alkanes) is 3. The fraction of sp³-hybridized carbons (Fsp3) is 0.481. The molecular weight excluding hydrogens is 418 g/mol. The number of anilines is 1. The predicted octanol–water partition coefficient (Wildman–Crippen LogP) is 6.73. The summed E-state index contributed by atoms with van der Waals surface area (Å²) in [5, 5.41) is 0. The van der Waals surface area contributed by atoms with Gasteiger partial charge in [-0.3, -0.25) is 4.79 Å². The number of hydrogen-bond acceptors (Lipinski definition) is 4. The minimum Gasteiger partial charge on any atom is -0.459 e. The zero-order chi connectivity index (χ0) is 22.9. The van der Waals surface area contributed by atoms with Crippen LogP contribution in [0, 0.1) is 0 Å². The zero-order valence-corrected chi connectivity index (χ0v) is 20.3. The Morgan fingerprint density at radius 2 is 1.94 bits per heavy atom. The Morgan fingerprint density at radius 1 is 1.16 bits per heavy atom. The van der Waals surface area contributed by atoms with Crippen LogP contribution in [0.15, 0.2) is 48.6 Å². The molecule has 1 saturated heterocycles. The molecule has 1 aromatic carbocycles. The van der Waals surface area contributed by atoms with E-state index >= 15 is 0 Å². The van der Waals surface area contributed by atoms with Crippen LogP contribution in [0.5, 0.6) is 0 Å². The van der Waals surface area contributed by atoms with E-state index in [0.717, 1.165) is 29.8 Å². The van der Waals surface area contributed by atoms with Crippen LogP contribution in [-0.2, 0) is 22.4 Å². The number of amides is 1. The van der Waals surface area contributed by atoms with Crippen LogP contribution in [0.25, 0.3) is 0 Å². The van der Waals surface area contributed by atoms with Crippen LogP contribution >= 0.6 is 11.3 Å². The molecule has 0 saturated carbocycles. The monoisotopic (exact) mass is 453 g/mol. The van der Waals surface area contributed by atoms with E-state index in [-0.39, 0.29) is 24.0 Å². The third kappa shape index (κ3) is 6.80. The summed E-state index contributed by atoms with van der Waals surface area (Å²) in [6.45, 7) is 5.93.